The van der Waals surface area contributed by atoms with Gasteiger partial charge in [0.15, 0.2) is 6.29 Å². The van der Waals surface area contributed by atoms with E-state index in [2.05, 4.69) is 11.8 Å². The SMILES string of the molecule is OCC1CC1CCC#CCOC1CCCCO1. The molecule has 17 heavy (non-hydrogen) atoms. The molecule has 96 valence electrons. The predicted molar refractivity (Wildman–Crippen MR) is 65.2 cm³/mol. The number of hydrogen-bond acceptors (Lipinski definition) is 3. The van der Waals surface area contributed by atoms with Crippen molar-refractivity contribution in [1.29, 1.82) is 0 Å². The van der Waals surface area contributed by atoms with Crippen LogP contribution in [0.1, 0.15) is 38.5 Å². The summed E-state index contributed by atoms with van der Waals surface area (Å²) in [6, 6.07) is 0. The van der Waals surface area contributed by atoms with Crippen LogP contribution in [0.4, 0.5) is 0 Å². The fourth-order valence-electron chi connectivity index (χ4n) is 2.26. The summed E-state index contributed by atoms with van der Waals surface area (Å²) in [6.07, 6.45) is 6.56. The predicted octanol–water partition coefficient (Wildman–Crippen LogP) is 1.94. The quantitative estimate of drug-likeness (QED) is 0.744. The second-order valence-electron chi connectivity index (χ2n) is 4.94. The first kappa shape index (κ1) is 12.9. The van der Waals surface area contributed by atoms with Crippen molar-refractivity contribution in [2.45, 2.75) is 44.8 Å². The summed E-state index contributed by atoms with van der Waals surface area (Å²) in [6.45, 7) is 1.65. The lowest BCUT2D eigenvalue weighted by atomic mass is 10.2. The first-order chi connectivity index (χ1) is 8.40. The molecular formula is C14H22O3. The summed E-state index contributed by atoms with van der Waals surface area (Å²) < 4.78 is 11.0. The maximum atomic E-state index is 8.89. The van der Waals surface area contributed by atoms with Crippen LogP contribution in [0.15, 0.2) is 0 Å². The Labute approximate surface area is 103 Å². The molecule has 0 aromatic carbocycles. The molecule has 1 saturated carbocycles. The van der Waals surface area contributed by atoms with Crippen LogP contribution >= 0.6 is 0 Å². The molecule has 0 bridgehead atoms. The van der Waals surface area contributed by atoms with Gasteiger partial charge >= 0.3 is 0 Å². The van der Waals surface area contributed by atoms with E-state index in [1.165, 1.54) is 12.8 Å². The standard InChI is InChI=1S/C14H22O3/c15-11-13-10-12(13)6-2-1-4-8-16-14-7-3-5-9-17-14/h12-15H,2-3,5-11H2. The molecule has 1 heterocycles. The first-order valence-electron chi connectivity index (χ1n) is 6.70. The van der Waals surface area contributed by atoms with E-state index < -0.39 is 0 Å². The fourth-order valence-corrected chi connectivity index (χ4v) is 2.26. The minimum Gasteiger partial charge on any atom is -0.396 e. The average Bonchev–Trinajstić information content (AvgIpc) is 3.13. The van der Waals surface area contributed by atoms with Gasteiger partial charge in [-0.3, -0.25) is 0 Å². The van der Waals surface area contributed by atoms with Crippen molar-refractivity contribution in [2.24, 2.45) is 11.8 Å². The van der Waals surface area contributed by atoms with Gasteiger partial charge in [0.1, 0.15) is 6.61 Å². The molecule has 2 fully saturated rings. The molecule has 3 unspecified atom stereocenters. The lowest BCUT2D eigenvalue weighted by molar-refractivity contribution is -0.154. The van der Waals surface area contributed by atoms with Crippen LogP contribution in [0.5, 0.6) is 0 Å². The summed E-state index contributed by atoms with van der Waals surface area (Å²) in [7, 11) is 0. The first-order valence-corrected chi connectivity index (χ1v) is 6.70. The van der Waals surface area contributed by atoms with Gasteiger partial charge in [-0.15, -0.1) is 5.92 Å². The lowest BCUT2D eigenvalue weighted by Gasteiger charge is -2.21. The van der Waals surface area contributed by atoms with E-state index >= 15 is 0 Å². The zero-order chi connectivity index (χ0) is 11.9. The Bertz CT molecular complexity index is 273. The van der Waals surface area contributed by atoms with Gasteiger partial charge in [0.05, 0.1) is 0 Å². The molecule has 0 aromatic rings. The minimum absolute atomic E-state index is 0.0275. The number of aliphatic hydroxyl groups is 1. The summed E-state index contributed by atoms with van der Waals surface area (Å²) in [5.74, 6) is 7.44. The maximum Gasteiger partial charge on any atom is 0.158 e. The molecule has 0 spiro atoms. The molecule has 0 radical (unpaired) electrons. The number of rotatable bonds is 5. The highest BCUT2D eigenvalue weighted by Gasteiger charge is 2.35. The molecule has 3 heteroatoms. The van der Waals surface area contributed by atoms with Crippen molar-refractivity contribution in [3.8, 4) is 11.8 Å². The van der Waals surface area contributed by atoms with Crippen LogP contribution in [0.25, 0.3) is 0 Å². The summed E-state index contributed by atoms with van der Waals surface area (Å²) in [5.41, 5.74) is 0. The van der Waals surface area contributed by atoms with E-state index in [4.69, 9.17) is 14.6 Å². The van der Waals surface area contributed by atoms with Crippen LogP contribution in [0.3, 0.4) is 0 Å². The Kier molecular flexibility index (Phi) is 5.31. The summed E-state index contributed by atoms with van der Waals surface area (Å²) >= 11 is 0. The third-order valence-corrected chi connectivity index (χ3v) is 3.55. The van der Waals surface area contributed by atoms with E-state index in [1.54, 1.807) is 0 Å². The van der Waals surface area contributed by atoms with E-state index in [1.807, 2.05) is 0 Å². The molecular weight excluding hydrogens is 216 g/mol. The second kappa shape index (κ2) is 7.00. The Balaban J connectivity index is 1.47. The number of aliphatic hydroxyl groups excluding tert-OH is 1. The van der Waals surface area contributed by atoms with Crippen LogP contribution in [-0.4, -0.2) is 31.2 Å². The Hall–Kier alpha value is -0.560. The maximum absolute atomic E-state index is 8.89. The normalized spacial score (nSPS) is 31.7. The molecule has 0 amide bonds. The van der Waals surface area contributed by atoms with Gasteiger partial charge in [-0.2, -0.15) is 0 Å². The number of ether oxygens (including phenoxy) is 2. The van der Waals surface area contributed by atoms with Crippen molar-refractivity contribution in [2.75, 3.05) is 19.8 Å². The average molecular weight is 238 g/mol. The summed E-state index contributed by atoms with van der Waals surface area (Å²) in [4.78, 5) is 0. The zero-order valence-electron chi connectivity index (χ0n) is 10.4. The third kappa shape index (κ3) is 4.67. The molecule has 3 atom stereocenters. The topological polar surface area (TPSA) is 38.7 Å². The van der Waals surface area contributed by atoms with Gasteiger partial charge in [-0.05, 0) is 43.9 Å². The molecule has 2 rings (SSSR count). The van der Waals surface area contributed by atoms with Gasteiger partial charge in [0.25, 0.3) is 0 Å². The molecule has 3 nitrogen and oxygen atoms in total. The molecule has 1 aliphatic carbocycles. The highest BCUT2D eigenvalue weighted by molar-refractivity contribution is 5.00. The summed E-state index contributed by atoms with van der Waals surface area (Å²) in [5, 5.41) is 8.89. The Morgan fingerprint density at radius 3 is 2.88 bits per heavy atom. The van der Waals surface area contributed by atoms with Gasteiger partial charge in [-0.25, -0.2) is 0 Å². The van der Waals surface area contributed by atoms with E-state index in [0.717, 1.165) is 38.2 Å². The highest BCUT2D eigenvalue weighted by Crippen LogP contribution is 2.41. The van der Waals surface area contributed by atoms with Gasteiger partial charge in [0, 0.05) is 19.6 Å². The highest BCUT2D eigenvalue weighted by atomic mass is 16.7. The fraction of sp³-hybridized carbons (Fsp3) is 0.857. The third-order valence-electron chi connectivity index (χ3n) is 3.55. The molecule has 1 aliphatic heterocycles. The van der Waals surface area contributed by atoms with Gasteiger partial charge in [-0.1, -0.05) is 5.92 Å². The second-order valence-corrected chi connectivity index (χ2v) is 4.94. The minimum atomic E-state index is -0.0275. The molecule has 0 aromatic heterocycles. The largest absolute Gasteiger partial charge is 0.396 e. The zero-order valence-corrected chi connectivity index (χ0v) is 10.4. The van der Waals surface area contributed by atoms with Crippen LogP contribution in [0.2, 0.25) is 0 Å². The Morgan fingerprint density at radius 2 is 2.18 bits per heavy atom. The van der Waals surface area contributed by atoms with Crippen LogP contribution in [-0.2, 0) is 9.47 Å². The van der Waals surface area contributed by atoms with E-state index in [0.29, 0.717) is 19.1 Å². The molecule has 1 N–H and O–H groups in total. The lowest BCUT2D eigenvalue weighted by Crippen LogP contribution is -2.22. The van der Waals surface area contributed by atoms with Crippen molar-refractivity contribution < 1.29 is 14.6 Å². The van der Waals surface area contributed by atoms with Crippen molar-refractivity contribution in [3.05, 3.63) is 0 Å². The van der Waals surface area contributed by atoms with Crippen molar-refractivity contribution >= 4 is 0 Å². The van der Waals surface area contributed by atoms with E-state index in [-0.39, 0.29) is 6.29 Å². The van der Waals surface area contributed by atoms with Crippen molar-refractivity contribution in [1.82, 2.24) is 0 Å². The molecule has 1 saturated heterocycles. The van der Waals surface area contributed by atoms with Crippen LogP contribution in [0, 0.1) is 23.7 Å². The van der Waals surface area contributed by atoms with Gasteiger partial charge < -0.3 is 14.6 Å². The van der Waals surface area contributed by atoms with E-state index in [9.17, 15) is 0 Å². The number of hydrogen-bond donors (Lipinski definition) is 1. The molecule has 2 aliphatic rings. The smallest absolute Gasteiger partial charge is 0.158 e. The van der Waals surface area contributed by atoms with Crippen molar-refractivity contribution in [3.63, 3.8) is 0 Å². The monoisotopic (exact) mass is 238 g/mol. The Morgan fingerprint density at radius 1 is 1.24 bits per heavy atom. The van der Waals surface area contributed by atoms with Gasteiger partial charge in [0.2, 0.25) is 0 Å². The van der Waals surface area contributed by atoms with Crippen LogP contribution < -0.4 is 0 Å².